The molecule has 0 heterocycles. The lowest BCUT2D eigenvalue weighted by molar-refractivity contribution is 0.373. The first-order valence-corrected chi connectivity index (χ1v) is 5.74. The standard InChI is InChI=1S/C12H26.CH4/c1-5-8-12(7-3)10-9-11(4)6-2;/h11-12H,5-10H2,1-4H3;1H4. The van der Waals surface area contributed by atoms with Crippen molar-refractivity contribution in [2.75, 3.05) is 0 Å². The van der Waals surface area contributed by atoms with Gasteiger partial charge in [-0.2, -0.15) is 0 Å². The Morgan fingerprint density at radius 1 is 0.846 bits per heavy atom. The summed E-state index contributed by atoms with van der Waals surface area (Å²) in [5.74, 6) is 1.94. The van der Waals surface area contributed by atoms with E-state index in [9.17, 15) is 0 Å². The SMILES string of the molecule is C.CCCC(CC)CCC(C)CC. The zero-order valence-electron chi connectivity index (χ0n) is 9.40. The van der Waals surface area contributed by atoms with E-state index in [4.69, 9.17) is 0 Å². The molecule has 0 aliphatic rings. The summed E-state index contributed by atoms with van der Waals surface area (Å²) in [6.45, 7) is 9.30. The molecule has 0 saturated carbocycles. The molecule has 0 nitrogen and oxygen atoms in total. The zero-order chi connectivity index (χ0) is 9.40. The molecule has 0 aromatic heterocycles. The Labute approximate surface area is 86.1 Å². The van der Waals surface area contributed by atoms with Gasteiger partial charge in [0.05, 0.1) is 0 Å². The molecular formula is C13H30. The van der Waals surface area contributed by atoms with Gasteiger partial charge in [-0.05, 0) is 11.8 Å². The molecule has 0 radical (unpaired) electrons. The summed E-state index contributed by atoms with van der Waals surface area (Å²) in [5.41, 5.74) is 0. The molecule has 0 aliphatic carbocycles. The number of hydrogen-bond acceptors (Lipinski definition) is 0. The van der Waals surface area contributed by atoms with Crippen molar-refractivity contribution in [1.82, 2.24) is 0 Å². The molecular weight excluding hydrogens is 156 g/mol. The Morgan fingerprint density at radius 2 is 1.46 bits per heavy atom. The monoisotopic (exact) mass is 186 g/mol. The summed E-state index contributed by atoms with van der Waals surface area (Å²) in [4.78, 5) is 0. The topological polar surface area (TPSA) is 0 Å². The van der Waals surface area contributed by atoms with E-state index in [0.717, 1.165) is 11.8 Å². The summed E-state index contributed by atoms with van der Waals surface area (Å²) in [6.07, 6.45) is 8.42. The van der Waals surface area contributed by atoms with E-state index < -0.39 is 0 Å². The molecule has 0 heteroatoms. The molecule has 0 aromatic rings. The van der Waals surface area contributed by atoms with Crippen molar-refractivity contribution in [3.05, 3.63) is 0 Å². The van der Waals surface area contributed by atoms with E-state index in [-0.39, 0.29) is 7.43 Å². The molecule has 0 aromatic carbocycles. The largest absolute Gasteiger partial charge is 0.0776 e. The van der Waals surface area contributed by atoms with Crippen LogP contribution in [0.25, 0.3) is 0 Å². The molecule has 0 fully saturated rings. The average Bonchev–Trinajstić information content (AvgIpc) is 2.11. The van der Waals surface area contributed by atoms with Gasteiger partial charge in [-0.3, -0.25) is 0 Å². The van der Waals surface area contributed by atoms with Crippen LogP contribution in [0, 0.1) is 11.8 Å². The van der Waals surface area contributed by atoms with Crippen molar-refractivity contribution >= 4 is 0 Å². The average molecular weight is 186 g/mol. The molecule has 0 bridgehead atoms. The Kier molecular flexibility index (Phi) is 12.0. The van der Waals surface area contributed by atoms with Gasteiger partial charge in [0, 0.05) is 0 Å². The van der Waals surface area contributed by atoms with Gasteiger partial charge >= 0.3 is 0 Å². The first kappa shape index (κ1) is 15.5. The highest BCUT2D eigenvalue weighted by Gasteiger charge is 2.06. The molecule has 2 atom stereocenters. The lowest BCUT2D eigenvalue weighted by Crippen LogP contribution is -2.01. The molecule has 0 rings (SSSR count). The van der Waals surface area contributed by atoms with Crippen LogP contribution in [0.2, 0.25) is 0 Å². The maximum absolute atomic E-state index is 2.37. The highest BCUT2D eigenvalue weighted by molar-refractivity contribution is 4.59. The Morgan fingerprint density at radius 3 is 1.85 bits per heavy atom. The van der Waals surface area contributed by atoms with Gasteiger partial charge in [-0.25, -0.2) is 0 Å². The third-order valence-electron chi connectivity index (χ3n) is 3.04. The van der Waals surface area contributed by atoms with Crippen LogP contribution in [-0.2, 0) is 0 Å². The summed E-state index contributed by atoms with van der Waals surface area (Å²) >= 11 is 0. The molecule has 0 amide bonds. The minimum Gasteiger partial charge on any atom is -0.0776 e. The minimum absolute atomic E-state index is 0. The summed E-state index contributed by atoms with van der Waals surface area (Å²) in [5, 5.41) is 0. The summed E-state index contributed by atoms with van der Waals surface area (Å²) in [7, 11) is 0. The molecule has 82 valence electrons. The minimum atomic E-state index is 0. The van der Waals surface area contributed by atoms with Gasteiger partial charge in [0.1, 0.15) is 0 Å². The van der Waals surface area contributed by atoms with Crippen LogP contribution < -0.4 is 0 Å². The second kappa shape index (κ2) is 10.1. The first-order chi connectivity index (χ1) is 5.74. The van der Waals surface area contributed by atoms with E-state index in [1.807, 2.05) is 0 Å². The fourth-order valence-electron chi connectivity index (χ4n) is 1.69. The lowest BCUT2D eigenvalue weighted by Gasteiger charge is -2.15. The third-order valence-corrected chi connectivity index (χ3v) is 3.04. The normalized spacial score (nSPS) is 14.8. The summed E-state index contributed by atoms with van der Waals surface area (Å²) < 4.78 is 0. The van der Waals surface area contributed by atoms with Crippen molar-refractivity contribution in [3.8, 4) is 0 Å². The van der Waals surface area contributed by atoms with Crippen molar-refractivity contribution in [2.45, 2.75) is 73.6 Å². The van der Waals surface area contributed by atoms with Crippen LogP contribution in [0.4, 0.5) is 0 Å². The van der Waals surface area contributed by atoms with Crippen LogP contribution in [0.1, 0.15) is 73.6 Å². The molecule has 0 aliphatic heterocycles. The van der Waals surface area contributed by atoms with Gasteiger partial charge in [0.25, 0.3) is 0 Å². The predicted octanol–water partition coefficient (Wildman–Crippen LogP) is 5.28. The third kappa shape index (κ3) is 8.33. The molecule has 2 unspecified atom stereocenters. The molecule has 0 saturated heterocycles. The number of hydrogen-bond donors (Lipinski definition) is 0. The molecule has 0 N–H and O–H groups in total. The Bertz CT molecular complexity index is 86.0. The lowest BCUT2D eigenvalue weighted by atomic mass is 9.91. The van der Waals surface area contributed by atoms with Gasteiger partial charge in [-0.15, -0.1) is 0 Å². The highest BCUT2D eigenvalue weighted by atomic mass is 14.1. The quantitative estimate of drug-likeness (QED) is 0.508. The Balaban J connectivity index is 0. The van der Waals surface area contributed by atoms with Crippen LogP contribution in [0.15, 0.2) is 0 Å². The second-order valence-corrected chi connectivity index (χ2v) is 4.15. The van der Waals surface area contributed by atoms with E-state index in [1.54, 1.807) is 0 Å². The fourth-order valence-corrected chi connectivity index (χ4v) is 1.69. The maximum Gasteiger partial charge on any atom is -0.0417 e. The molecule has 13 heavy (non-hydrogen) atoms. The van der Waals surface area contributed by atoms with Gasteiger partial charge in [0.15, 0.2) is 0 Å². The van der Waals surface area contributed by atoms with Crippen LogP contribution in [-0.4, -0.2) is 0 Å². The highest BCUT2D eigenvalue weighted by Crippen LogP contribution is 2.21. The van der Waals surface area contributed by atoms with Crippen molar-refractivity contribution in [2.24, 2.45) is 11.8 Å². The van der Waals surface area contributed by atoms with E-state index in [2.05, 4.69) is 27.7 Å². The molecule has 0 spiro atoms. The fraction of sp³-hybridized carbons (Fsp3) is 1.00. The van der Waals surface area contributed by atoms with Crippen molar-refractivity contribution in [1.29, 1.82) is 0 Å². The van der Waals surface area contributed by atoms with E-state index in [1.165, 1.54) is 38.5 Å². The van der Waals surface area contributed by atoms with Crippen LogP contribution in [0.5, 0.6) is 0 Å². The summed E-state index contributed by atoms with van der Waals surface area (Å²) in [6, 6.07) is 0. The van der Waals surface area contributed by atoms with Gasteiger partial charge in [0.2, 0.25) is 0 Å². The Hall–Kier alpha value is 0. The maximum atomic E-state index is 2.37. The smallest absolute Gasteiger partial charge is 0.0417 e. The van der Waals surface area contributed by atoms with E-state index >= 15 is 0 Å². The number of rotatable bonds is 7. The van der Waals surface area contributed by atoms with E-state index in [0.29, 0.717) is 0 Å². The first-order valence-electron chi connectivity index (χ1n) is 5.74. The van der Waals surface area contributed by atoms with Crippen molar-refractivity contribution in [3.63, 3.8) is 0 Å². The zero-order valence-corrected chi connectivity index (χ0v) is 9.40. The predicted molar refractivity (Wildman–Crippen MR) is 64.1 cm³/mol. The van der Waals surface area contributed by atoms with Crippen LogP contribution in [0.3, 0.4) is 0 Å². The second-order valence-electron chi connectivity index (χ2n) is 4.15. The van der Waals surface area contributed by atoms with Crippen LogP contribution >= 0.6 is 0 Å². The van der Waals surface area contributed by atoms with Gasteiger partial charge < -0.3 is 0 Å². The van der Waals surface area contributed by atoms with Gasteiger partial charge in [-0.1, -0.05) is 73.6 Å². The van der Waals surface area contributed by atoms with Crippen molar-refractivity contribution < 1.29 is 0 Å².